The summed E-state index contributed by atoms with van der Waals surface area (Å²) < 4.78 is 52.7. The summed E-state index contributed by atoms with van der Waals surface area (Å²) in [5.41, 5.74) is 5.08. The number of hydrogen-bond acceptors (Lipinski definition) is 7. The van der Waals surface area contributed by atoms with E-state index in [0.29, 0.717) is 17.0 Å². The molecule has 0 aliphatic carbocycles. The predicted octanol–water partition coefficient (Wildman–Crippen LogP) is 5.87. The van der Waals surface area contributed by atoms with E-state index < -0.39 is 40.8 Å². The number of nitrogens with one attached hydrogen (secondary N) is 1. The molecule has 216 valence electrons. The Morgan fingerprint density at radius 2 is 1.78 bits per heavy atom. The van der Waals surface area contributed by atoms with Crippen molar-refractivity contribution >= 4 is 34.7 Å². The monoisotopic (exact) mass is 569 g/mol. The number of para-hydroxylation sites is 1. The molecule has 0 heterocycles. The second kappa shape index (κ2) is 13.5. The number of rotatable bonds is 10. The van der Waals surface area contributed by atoms with Gasteiger partial charge in [-0.2, -0.15) is 13.2 Å². The Hall–Kier alpha value is -4.80. The summed E-state index contributed by atoms with van der Waals surface area (Å²) in [5, 5.41) is 19.3. The van der Waals surface area contributed by atoms with Gasteiger partial charge in [0.1, 0.15) is 17.3 Å². The van der Waals surface area contributed by atoms with Crippen LogP contribution in [0.15, 0.2) is 72.8 Å². The number of anilines is 2. The number of benzene rings is 3. The third-order valence-electron chi connectivity index (χ3n) is 6.08. The molecule has 0 saturated carbocycles. The normalized spacial score (nSPS) is 11.6. The number of methoxy groups -OCH3 is 1. The molecule has 0 unspecified atom stereocenters. The fourth-order valence-corrected chi connectivity index (χ4v) is 4.04. The standard InChI is InChI=1S/C30H30F3N3O5/c1-3-41-28(39)16-15-27(38)36(21-8-6-9-22(18-21)40-2)29(35)20-12-14-26(37)23(17-20)24(30(31,32)33)13-11-19-7-4-5-10-25(19)34/h4-10,12-14,17-18,35,37H,3,11,15-16,34H2,1-2H3. The molecule has 0 aliphatic heterocycles. The number of nitrogens with two attached hydrogens (primary N) is 1. The molecule has 0 radical (unpaired) electrons. The van der Waals surface area contributed by atoms with Gasteiger partial charge < -0.3 is 20.3 Å². The topological polar surface area (TPSA) is 126 Å². The van der Waals surface area contributed by atoms with Gasteiger partial charge in [0, 0.05) is 29.3 Å². The van der Waals surface area contributed by atoms with Crippen LogP contribution in [-0.4, -0.2) is 42.7 Å². The lowest BCUT2D eigenvalue weighted by Crippen LogP contribution is -2.37. The van der Waals surface area contributed by atoms with Crippen molar-refractivity contribution in [3.8, 4) is 11.5 Å². The summed E-state index contributed by atoms with van der Waals surface area (Å²) in [6.07, 6.45) is -4.69. The van der Waals surface area contributed by atoms with Gasteiger partial charge in [0.2, 0.25) is 5.91 Å². The van der Waals surface area contributed by atoms with E-state index in [-0.39, 0.29) is 37.1 Å². The maximum absolute atomic E-state index is 14.2. The first-order valence-electron chi connectivity index (χ1n) is 12.6. The van der Waals surface area contributed by atoms with Crippen molar-refractivity contribution in [1.82, 2.24) is 0 Å². The molecule has 41 heavy (non-hydrogen) atoms. The van der Waals surface area contributed by atoms with Crippen molar-refractivity contribution in [3.63, 3.8) is 0 Å². The van der Waals surface area contributed by atoms with Crippen LogP contribution in [0, 0.1) is 5.41 Å². The molecular formula is C30H30F3N3O5. The largest absolute Gasteiger partial charge is 0.507 e. The fourth-order valence-electron chi connectivity index (χ4n) is 4.04. The van der Waals surface area contributed by atoms with Crippen molar-refractivity contribution in [2.75, 3.05) is 24.4 Å². The van der Waals surface area contributed by atoms with Crippen LogP contribution in [0.1, 0.15) is 36.5 Å². The summed E-state index contributed by atoms with van der Waals surface area (Å²) in [6, 6.07) is 15.9. The summed E-state index contributed by atoms with van der Waals surface area (Å²) in [6.45, 7) is 1.75. The van der Waals surface area contributed by atoms with Gasteiger partial charge in [0.15, 0.2) is 0 Å². The fraction of sp³-hybridized carbons (Fsp3) is 0.233. The molecule has 0 aromatic heterocycles. The number of allylic oxidation sites excluding steroid dienone is 2. The third kappa shape index (κ3) is 7.87. The highest BCUT2D eigenvalue weighted by Crippen LogP contribution is 2.39. The summed E-state index contributed by atoms with van der Waals surface area (Å²) >= 11 is 0. The Morgan fingerprint density at radius 1 is 1.05 bits per heavy atom. The van der Waals surface area contributed by atoms with Gasteiger partial charge in [-0.25, -0.2) is 0 Å². The third-order valence-corrected chi connectivity index (χ3v) is 6.08. The van der Waals surface area contributed by atoms with Crippen LogP contribution in [0.3, 0.4) is 0 Å². The molecular weight excluding hydrogens is 539 g/mol. The quantitative estimate of drug-likeness (QED) is 0.121. The minimum atomic E-state index is -4.86. The smallest absolute Gasteiger partial charge is 0.416 e. The first-order valence-corrected chi connectivity index (χ1v) is 12.6. The number of alkyl halides is 3. The predicted molar refractivity (Wildman–Crippen MR) is 150 cm³/mol. The van der Waals surface area contributed by atoms with Gasteiger partial charge >= 0.3 is 12.1 Å². The van der Waals surface area contributed by atoms with Crippen molar-refractivity contribution < 1.29 is 37.3 Å². The van der Waals surface area contributed by atoms with Gasteiger partial charge in [0.05, 0.1) is 31.4 Å². The average molecular weight is 570 g/mol. The SMILES string of the molecule is CCOC(=O)CCC(=O)N(C(=N)c1ccc(O)c(C(=CCc2ccccc2N)C(F)(F)F)c1)c1cccc(OC)c1. The number of phenolic OH excluding ortho intramolecular Hbond substituents is 1. The number of amidine groups is 1. The van der Waals surface area contributed by atoms with E-state index in [1.54, 1.807) is 43.3 Å². The van der Waals surface area contributed by atoms with E-state index in [1.807, 2.05) is 0 Å². The van der Waals surface area contributed by atoms with E-state index in [2.05, 4.69) is 0 Å². The van der Waals surface area contributed by atoms with E-state index in [9.17, 15) is 27.9 Å². The molecule has 0 saturated heterocycles. The number of esters is 1. The van der Waals surface area contributed by atoms with Gasteiger partial charge in [-0.1, -0.05) is 30.3 Å². The Balaban J connectivity index is 2.05. The zero-order chi connectivity index (χ0) is 30.2. The maximum Gasteiger partial charge on any atom is 0.416 e. The highest BCUT2D eigenvalue weighted by atomic mass is 19.4. The Morgan fingerprint density at radius 3 is 2.44 bits per heavy atom. The first kappa shape index (κ1) is 30.7. The first-order chi connectivity index (χ1) is 19.5. The second-order valence-corrected chi connectivity index (χ2v) is 8.83. The van der Waals surface area contributed by atoms with Crippen molar-refractivity contribution in [2.24, 2.45) is 0 Å². The van der Waals surface area contributed by atoms with Crippen LogP contribution < -0.4 is 15.4 Å². The number of halogens is 3. The van der Waals surface area contributed by atoms with Crippen LogP contribution in [0.25, 0.3) is 5.57 Å². The average Bonchev–Trinajstić information content (AvgIpc) is 2.93. The Labute approximate surface area is 235 Å². The minimum absolute atomic E-state index is 0.0838. The molecule has 0 spiro atoms. The van der Waals surface area contributed by atoms with Crippen molar-refractivity contribution in [1.29, 1.82) is 5.41 Å². The number of phenols is 1. The second-order valence-electron chi connectivity index (χ2n) is 8.83. The summed E-state index contributed by atoms with van der Waals surface area (Å²) in [7, 11) is 1.41. The van der Waals surface area contributed by atoms with E-state index in [1.165, 1.54) is 25.3 Å². The number of aromatic hydroxyl groups is 1. The zero-order valence-corrected chi connectivity index (χ0v) is 22.5. The van der Waals surface area contributed by atoms with Gasteiger partial charge in [-0.3, -0.25) is 19.9 Å². The summed E-state index contributed by atoms with van der Waals surface area (Å²) in [5.74, 6) is -2.04. The molecule has 0 bridgehead atoms. The van der Waals surface area contributed by atoms with Crippen molar-refractivity contribution in [3.05, 3.63) is 89.5 Å². The van der Waals surface area contributed by atoms with E-state index in [4.69, 9.17) is 20.6 Å². The molecule has 8 nitrogen and oxygen atoms in total. The molecule has 0 aliphatic rings. The number of hydrogen-bond donors (Lipinski definition) is 3. The Kier molecular flexibility index (Phi) is 10.1. The lowest BCUT2D eigenvalue weighted by molar-refractivity contribution is -0.144. The highest BCUT2D eigenvalue weighted by Gasteiger charge is 2.36. The van der Waals surface area contributed by atoms with E-state index >= 15 is 0 Å². The van der Waals surface area contributed by atoms with Gasteiger partial charge in [-0.15, -0.1) is 0 Å². The molecule has 0 fully saturated rings. The number of amides is 1. The molecule has 0 atom stereocenters. The lowest BCUT2D eigenvalue weighted by Gasteiger charge is -2.25. The van der Waals surface area contributed by atoms with Crippen LogP contribution in [-0.2, 0) is 20.7 Å². The molecule has 3 rings (SSSR count). The summed E-state index contributed by atoms with van der Waals surface area (Å²) in [4.78, 5) is 26.1. The number of carbonyl (C=O) groups is 2. The lowest BCUT2D eigenvalue weighted by atomic mass is 9.98. The zero-order valence-electron chi connectivity index (χ0n) is 22.5. The Bertz CT molecular complexity index is 1450. The molecule has 4 N–H and O–H groups in total. The van der Waals surface area contributed by atoms with Crippen LogP contribution in [0.5, 0.6) is 11.5 Å². The van der Waals surface area contributed by atoms with Crippen LogP contribution >= 0.6 is 0 Å². The van der Waals surface area contributed by atoms with Gasteiger partial charge in [0.25, 0.3) is 0 Å². The molecule has 1 amide bonds. The van der Waals surface area contributed by atoms with Crippen LogP contribution in [0.2, 0.25) is 0 Å². The number of nitrogen functional groups attached to an aromatic ring is 1. The minimum Gasteiger partial charge on any atom is -0.507 e. The maximum atomic E-state index is 14.2. The number of carbonyl (C=O) groups excluding carboxylic acids is 2. The number of nitrogens with zero attached hydrogens (tertiary/aromatic N) is 1. The molecule has 11 heteroatoms. The van der Waals surface area contributed by atoms with Crippen molar-refractivity contribution in [2.45, 2.75) is 32.4 Å². The van der Waals surface area contributed by atoms with Crippen LogP contribution in [0.4, 0.5) is 24.5 Å². The van der Waals surface area contributed by atoms with Gasteiger partial charge in [-0.05, 0) is 55.3 Å². The molecule has 3 aromatic rings. The van der Waals surface area contributed by atoms with E-state index in [0.717, 1.165) is 23.1 Å². The molecule has 3 aromatic carbocycles. The highest BCUT2D eigenvalue weighted by molar-refractivity contribution is 6.22. The number of ether oxygens (including phenoxy) is 2.